The molecule has 2 amide bonds. The Kier molecular flexibility index (Phi) is 6.14. The van der Waals surface area contributed by atoms with Crippen LogP contribution < -0.4 is 15.4 Å². The lowest BCUT2D eigenvalue weighted by molar-refractivity contribution is -0.121. The normalized spacial score (nSPS) is 12.6. The molecule has 2 heterocycles. The summed E-state index contributed by atoms with van der Waals surface area (Å²) in [4.78, 5) is 24.1. The van der Waals surface area contributed by atoms with Gasteiger partial charge in [0.25, 0.3) is 0 Å². The van der Waals surface area contributed by atoms with E-state index in [2.05, 4.69) is 15.7 Å². The van der Waals surface area contributed by atoms with Crippen molar-refractivity contribution in [3.05, 3.63) is 89.2 Å². The number of amides is 2. The number of halogens is 1. The van der Waals surface area contributed by atoms with Crippen LogP contribution in [0.4, 0.5) is 5.69 Å². The molecular formula is C23H19ClN4O3. The minimum absolute atomic E-state index is 0.141. The number of aromatic nitrogens is 2. The van der Waals surface area contributed by atoms with Gasteiger partial charge in [-0.05, 0) is 60.2 Å². The van der Waals surface area contributed by atoms with E-state index in [0.717, 1.165) is 22.6 Å². The number of nitrogens with one attached hydrogen (secondary N) is 2. The van der Waals surface area contributed by atoms with Gasteiger partial charge in [0.1, 0.15) is 12.4 Å². The molecule has 0 unspecified atom stereocenters. The van der Waals surface area contributed by atoms with E-state index in [0.29, 0.717) is 17.3 Å². The number of nitrogens with zero attached hydrogens (tertiary/aromatic N) is 2. The lowest BCUT2D eigenvalue weighted by Crippen LogP contribution is -2.31. The minimum atomic E-state index is -0.373. The third kappa shape index (κ3) is 5.40. The van der Waals surface area contributed by atoms with Crippen molar-refractivity contribution in [3.8, 4) is 11.4 Å². The lowest BCUT2D eigenvalue weighted by Gasteiger charge is -2.16. The number of benzene rings is 2. The van der Waals surface area contributed by atoms with Crippen molar-refractivity contribution in [1.82, 2.24) is 15.1 Å². The second-order valence-corrected chi connectivity index (χ2v) is 7.22. The fourth-order valence-corrected chi connectivity index (χ4v) is 3.18. The number of fused-ring (bicyclic) bond motifs is 1. The number of hydrogen-bond donors (Lipinski definition) is 2. The molecule has 0 bridgehead atoms. The van der Waals surface area contributed by atoms with E-state index >= 15 is 0 Å². The number of carbonyl (C=O) groups is 2. The fourth-order valence-electron chi connectivity index (χ4n) is 3.00. The van der Waals surface area contributed by atoms with Gasteiger partial charge in [0.15, 0.2) is 0 Å². The van der Waals surface area contributed by atoms with E-state index in [1.54, 1.807) is 41.2 Å². The maximum Gasteiger partial charge on any atom is 0.244 e. The Labute approximate surface area is 184 Å². The van der Waals surface area contributed by atoms with E-state index in [-0.39, 0.29) is 18.4 Å². The molecule has 2 aromatic carbocycles. The highest BCUT2D eigenvalue weighted by Gasteiger charge is 2.10. The number of anilines is 1. The molecule has 8 heteroatoms. The van der Waals surface area contributed by atoms with Gasteiger partial charge >= 0.3 is 0 Å². The highest BCUT2D eigenvalue weighted by atomic mass is 35.5. The second kappa shape index (κ2) is 9.32. The van der Waals surface area contributed by atoms with Gasteiger partial charge in [-0.25, -0.2) is 4.68 Å². The lowest BCUT2D eigenvalue weighted by atomic mass is 10.1. The molecule has 3 aromatic rings. The maximum absolute atomic E-state index is 12.1. The Morgan fingerprint density at radius 2 is 2.03 bits per heavy atom. The van der Waals surface area contributed by atoms with E-state index in [1.807, 2.05) is 36.5 Å². The van der Waals surface area contributed by atoms with Crippen molar-refractivity contribution in [1.29, 1.82) is 0 Å². The largest absolute Gasteiger partial charge is 0.488 e. The zero-order valence-electron chi connectivity index (χ0n) is 16.4. The summed E-state index contributed by atoms with van der Waals surface area (Å²) in [7, 11) is 0. The summed E-state index contributed by atoms with van der Waals surface area (Å²) in [5.74, 6) is 0.0553. The number of carbonyl (C=O) groups excluding carboxylic acids is 2. The molecule has 0 aliphatic carbocycles. The van der Waals surface area contributed by atoms with Crippen molar-refractivity contribution in [2.45, 2.75) is 0 Å². The molecule has 0 fully saturated rings. The first-order valence-corrected chi connectivity index (χ1v) is 9.93. The van der Waals surface area contributed by atoms with E-state index in [1.165, 1.54) is 6.08 Å². The summed E-state index contributed by atoms with van der Waals surface area (Å²) < 4.78 is 7.36. The van der Waals surface area contributed by atoms with Crippen molar-refractivity contribution in [2.24, 2.45) is 0 Å². The first-order chi connectivity index (χ1) is 15.1. The monoisotopic (exact) mass is 434 g/mol. The molecular weight excluding hydrogens is 416 g/mol. The van der Waals surface area contributed by atoms with E-state index in [9.17, 15) is 9.59 Å². The fraction of sp³-hybridized carbons (Fsp3) is 0.0870. The molecule has 1 aliphatic rings. The summed E-state index contributed by atoms with van der Waals surface area (Å²) in [6.45, 7) is 0.214. The van der Waals surface area contributed by atoms with Crippen molar-refractivity contribution in [3.63, 3.8) is 0 Å². The SMILES string of the molecule is O=C(/C=C/C1=Cc2cc(Cl)ccc2OC1)NCC(=O)Nc1ccc(-n2cccn2)cc1. The van der Waals surface area contributed by atoms with Crippen molar-refractivity contribution < 1.29 is 14.3 Å². The van der Waals surface area contributed by atoms with Crippen LogP contribution in [-0.4, -0.2) is 34.7 Å². The molecule has 2 N–H and O–H groups in total. The zero-order valence-corrected chi connectivity index (χ0v) is 17.2. The first-order valence-electron chi connectivity index (χ1n) is 9.55. The molecule has 1 aromatic heterocycles. The van der Waals surface area contributed by atoms with Gasteiger partial charge in [0.05, 0.1) is 12.2 Å². The first kappa shape index (κ1) is 20.4. The molecule has 31 heavy (non-hydrogen) atoms. The molecule has 0 saturated carbocycles. The van der Waals surface area contributed by atoms with Gasteiger partial charge in [-0.3, -0.25) is 9.59 Å². The summed E-state index contributed by atoms with van der Waals surface area (Å²) in [6.07, 6.45) is 8.47. The van der Waals surface area contributed by atoms with Gasteiger partial charge in [-0.1, -0.05) is 17.7 Å². The van der Waals surface area contributed by atoms with Crippen LogP contribution in [-0.2, 0) is 9.59 Å². The Hall–Kier alpha value is -3.84. The molecule has 0 radical (unpaired) electrons. The van der Waals surface area contributed by atoms with Crippen LogP contribution in [0.3, 0.4) is 0 Å². The van der Waals surface area contributed by atoms with Gasteiger partial charge in [0, 0.05) is 34.7 Å². The van der Waals surface area contributed by atoms with Crippen molar-refractivity contribution in [2.75, 3.05) is 18.5 Å². The minimum Gasteiger partial charge on any atom is -0.488 e. The molecule has 0 atom stereocenters. The van der Waals surface area contributed by atoms with Gasteiger partial charge in [-0.2, -0.15) is 5.10 Å². The average Bonchev–Trinajstić information content (AvgIpc) is 3.31. The predicted molar refractivity (Wildman–Crippen MR) is 119 cm³/mol. The molecule has 156 valence electrons. The van der Waals surface area contributed by atoms with E-state index < -0.39 is 0 Å². The second-order valence-electron chi connectivity index (χ2n) is 6.79. The van der Waals surface area contributed by atoms with Crippen LogP contribution in [0.1, 0.15) is 5.56 Å². The summed E-state index contributed by atoms with van der Waals surface area (Å²) in [6, 6.07) is 14.4. The van der Waals surface area contributed by atoms with Crippen LogP contribution in [0.2, 0.25) is 5.02 Å². The number of hydrogen-bond acceptors (Lipinski definition) is 4. The van der Waals surface area contributed by atoms with Crippen molar-refractivity contribution >= 4 is 35.2 Å². The van der Waals surface area contributed by atoms with Crippen LogP contribution in [0, 0.1) is 0 Å². The van der Waals surface area contributed by atoms with Crippen LogP contribution in [0.15, 0.2) is 78.6 Å². The van der Waals surface area contributed by atoms with Gasteiger partial charge in [-0.15, -0.1) is 0 Å². The smallest absolute Gasteiger partial charge is 0.244 e. The van der Waals surface area contributed by atoms with Gasteiger partial charge < -0.3 is 15.4 Å². The Morgan fingerprint density at radius 3 is 2.81 bits per heavy atom. The zero-order chi connectivity index (χ0) is 21.6. The summed E-state index contributed by atoms with van der Waals surface area (Å²) >= 11 is 6.00. The Balaban J connectivity index is 1.26. The third-order valence-corrected chi connectivity index (χ3v) is 4.73. The van der Waals surface area contributed by atoms with Gasteiger partial charge in [0.2, 0.25) is 11.8 Å². The van der Waals surface area contributed by atoms with E-state index in [4.69, 9.17) is 16.3 Å². The molecule has 1 aliphatic heterocycles. The highest BCUT2D eigenvalue weighted by molar-refractivity contribution is 6.30. The molecule has 0 saturated heterocycles. The Bertz CT molecular complexity index is 1150. The topological polar surface area (TPSA) is 85.2 Å². The van der Waals surface area contributed by atoms with Crippen LogP contribution in [0.25, 0.3) is 11.8 Å². The molecule has 4 rings (SSSR count). The predicted octanol–water partition coefficient (Wildman–Crippen LogP) is 3.61. The van der Waals surface area contributed by atoms with Crippen LogP contribution >= 0.6 is 11.6 Å². The molecule has 0 spiro atoms. The third-order valence-electron chi connectivity index (χ3n) is 4.50. The molecule has 7 nitrogen and oxygen atoms in total. The maximum atomic E-state index is 12.1. The number of ether oxygens (including phenoxy) is 1. The number of rotatable bonds is 6. The quantitative estimate of drug-likeness (QED) is 0.580. The summed E-state index contributed by atoms with van der Waals surface area (Å²) in [5.41, 5.74) is 3.20. The standard InChI is InChI=1S/C23H19ClN4O3/c24-18-3-8-21-17(13-18)12-16(15-31-21)2-9-22(29)25-14-23(30)27-19-4-6-20(7-5-19)28-11-1-10-26-28/h1-13H,14-15H2,(H,25,29)(H,27,30)/b9-2+. The average molecular weight is 435 g/mol. The summed E-state index contributed by atoms with van der Waals surface area (Å²) in [5, 5.41) is 10.1. The van der Waals surface area contributed by atoms with Crippen LogP contribution in [0.5, 0.6) is 5.75 Å². The Morgan fingerprint density at radius 1 is 1.19 bits per heavy atom. The highest BCUT2D eigenvalue weighted by Crippen LogP contribution is 2.29.